The van der Waals surface area contributed by atoms with Crippen molar-refractivity contribution in [1.82, 2.24) is 9.88 Å². The number of aromatic hydroxyl groups is 1. The number of aromatic amines is 1. The highest BCUT2D eigenvalue weighted by Crippen LogP contribution is 2.29. The number of unbranched alkanes of at least 4 members (excludes halogenated alkanes) is 1. The number of nitrogens with zero attached hydrogens (tertiary/aromatic N) is 1. The average molecular weight is 569 g/mol. The number of hydrogen-bond donors (Lipinski definition) is 3. The molecule has 6 nitrogen and oxygen atoms in total. The lowest BCUT2D eigenvalue weighted by atomic mass is 10.1. The Labute approximate surface area is 244 Å². The second-order valence-electron chi connectivity index (χ2n) is 10.3. The van der Waals surface area contributed by atoms with Gasteiger partial charge in [-0.3, -0.25) is 9.69 Å². The lowest BCUT2D eigenvalue weighted by Crippen LogP contribution is -2.37. The van der Waals surface area contributed by atoms with Gasteiger partial charge in [-0.2, -0.15) is 0 Å². The molecule has 7 heteroatoms. The second kappa shape index (κ2) is 14.1. The maximum absolute atomic E-state index is 11.9. The minimum atomic E-state index is -0.765. The number of aromatic nitrogens is 1. The van der Waals surface area contributed by atoms with E-state index in [1.807, 2.05) is 36.4 Å². The summed E-state index contributed by atoms with van der Waals surface area (Å²) in [5, 5.41) is 21.5. The number of fused-ring (bicyclic) bond motifs is 1. The molecule has 0 aliphatic rings. The molecule has 0 saturated carbocycles. The number of phenols is 1. The van der Waals surface area contributed by atoms with Gasteiger partial charge in [-0.15, -0.1) is 0 Å². The number of thiazole rings is 1. The summed E-state index contributed by atoms with van der Waals surface area (Å²) in [7, 11) is 0. The van der Waals surface area contributed by atoms with E-state index in [2.05, 4.69) is 58.4 Å². The van der Waals surface area contributed by atoms with Crippen molar-refractivity contribution in [3.63, 3.8) is 0 Å². The first kappa shape index (κ1) is 28.6. The molecule has 0 saturated heterocycles. The van der Waals surface area contributed by atoms with Crippen molar-refractivity contribution in [3.8, 4) is 11.5 Å². The van der Waals surface area contributed by atoms with Crippen LogP contribution >= 0.6 is 11.3 Å². The third-order valence-corrected chi connectivity index (χ3v) is 8.23. The minimum absolute atomic E-state index is 0.0392. The van der Waals surface area contributed by atoms with E-state index >= 15 is 0 Å². The van der Waals surface area contributed by atoms with Crippen molar-refractivity contribution in [2.45, 2.75) is 44.9 Å². The summed E-state index contributed by atoms with van der Waals surface area (Å²) >= 11 is 1.06. The molecule has 0 fully saturated rings. The lowest BCUT2D eigenvalue weighted by Gasteiger charge is -2.28. The van der Waals surface area contributed by atoms with Crippen LogP contribution in [0.5, 0.6) is 11.5 Å². The third kappa shape index (κ3) is 8.07. The highest BCUT2D eigenvalue weighted by atomic mass is 32.1. The SMILES string of the molecule is O=c1[nH]c2c(O)ccc(CC(O)N(CCc3ccc(OCCCCc4ccccc4)cc3)Cc3ccccc3)c2s1. The highest BCUT2D eigenvalue weighted by molar-refractivity contribution is 7.16. The number of ether oxygens (including phenoxy) is 1. The van der Waals surface area contributed by atoms with Crippen molar-refractivity contribution in [1.29, 1.82) is 0 Å². The number of benzene rings is 4. The standard InChI is InChI=1S/C34H36N2O4S/c37-30-19-16-28(33-32(30)35-34(39)41-33)23-31(38)36(24-27-12-5-2-6-13-27)21-20-26-14-17-29(18-15-26)40-22-8-7-11-25-9-3-1-4-10-25/h1-6,9-10,12-19,31,37-38H,7-8,11,20-24H2,(H,35,39). The number of H-pyrrole nitrogens is 1. The minimum Gasteiger partial charge on any atom is -0.506 e. The van der Waals surface area contributed by atoms with E-state index in [4.69, 9.17) is 4.74 Å². The van der Waals surface area contributed by atoms with Crippen molar-refractivity contribution in [2.75, 3.05) is 13.2 Å². The predicted octanol–water partition coefficient (Wildman–Crippen LogP) is 6.30. The Bertz CT molecular complexity index is 1570. The molecule has 0 aliphatic carbocycles. The highest BCUT2D eigenvalue weighted by Gasteiger charge is 2.19. The number of aryl methyl sites for hydroxylation is 1. The van der Waals surface area contributed by atoms with Crippen LogP contribution in [0.15, 0.2) is 102 Å². The van der Waals surface area contributed by atoms with Gasteiger partial charge < -0.3 is 19.9 Å². The fourth-order valence-electron chi connectivity index (χ4n) is 5.00. The van der Waals surface area contributed by atoms with Crippen molar-refractivity contribution < 1.29 is 14.9 Å². The van der Waals surface area contributed by atoms with E-state index < -0.39 is 6.23 Å². The summed E-state index contributed by atoms with van der Waals surface area (Å²) in [4.78, 5) is 16.5. The molecule has 1 atom stereocenters. The van der Waals surface area contributed by atoms with E-state index in [0.29, 0.717) is 36.3 Å². The summed E-state index contributed by atoms with van der Waals surface area (Å²) in [5.74, 6) is 0.911. The molecule has 5 rings (SSSR count). The van der Waals surface area contributed by atoms with Gasteiger partial charge in [-0.25, -0.2) is 0 Å². The van der Waals surface area contributed by atoms with Crippen molar-refractivity contribution in [3.05, 3.63) is 129 Å². The molecule has 1 aromatic heterocycles. The maximum atomic E-state index is 11.9. The number of nitrogens with one attached hydrogen (secondary N) is 1. The predicted molar refractivity (Wildman–Crippen MR) is 166 cm³/mol. The monoisotopic (exact) mass is 568 g/mol. The number of aliphatic hydroxyl groups excluding tert-OH is 1. The summed E-state index contributed by atoms with van der Waals surface area (Å²) in [6, 6.07) is 32.2. The van der Waals surface area contributed by atoms with Gasteiger partial charge in [-0.1, -0.05) is 90.2 Å². The fourth-order valence-corrected chi connectivity index (χ4v) is 5.88. The molecule has 212 valence electrons. The van der Waals surface area contributed by atoms with E-state index in [1.54, 1.807) is 12.1 Å². The van der Waals surface area contributed by atoms with Gasteiger partial charge in [0.05, 0.1) is 11.3 Å². The first-order valence-electron chi connectivity index (χ1n) is 14.1. The molecule has 0 amide bonds. The van der Waals surface area contributed by atoms with E-state index in [0.717, 1.165) is 53.9 Å². The zero-order valence-corrected chi connectivity index (χ0v) is 23.9. The molecule has 5 aromatic rings. The van der Waals surface area contributed by atoms with Gasteiger partial charge in [0.2, 0.25) is 0 Å². The van der Waals surface area contributed by atoms with E-state index in [9.17, 15) is 15.0 Å². The Morgan fingerprint density at radius 3 is 2.22 bits per heavy atom. The van der Waals surface area contributed by atoms with E-state index in [1.165, 1.54) is 11.1 Å². The van der Waals surface area contributed by atoms with Gasteiger partial charge in [0.1, 0.15) is 23.2 Å². The number of phenolic OH excluding ortho intramolecular Hbond substituents is 1. The molecule has 1 unspecified atom stereocenters. The fraction of sp³-hybridized carbons (Fsp3) is 0.265. The van der Waals surface area contributed by atoms with Crippen molar-refractivity contribution >= 4 is 21.6 Å². The van der Waals surface area contributed by atoms with Crippen LogP contribution in [0.1, 0.15) is 35.1 Å². The summed E-state index contributed by atoms with van der Waals surface area (Å²) in [6.07, 6.45) is 3.52. The molecule has 0 aliphatic heterocycles. The van der Waals surface area contributed by atoms with E-state index in [-0.39, 0.29) is 10.6 Å². The molecule has 0 bridgehead atoms. The van der Waals surface area contributed by atoms with Crippen molar-refractivity contribution in [2.24, 2.45) is 0 Å². The van der Waals surface area contributed by atoms with Gasteiger partial charge in [0, 0.05) is 19.5 Å². The molecule has 0 radical (unpaired) electrons. The Balaban J connectivity index is 1.17. The normalized spacial score (nSPS) is 12.1. The van der Waals surface area contributed by atoms with Crippen LogP contribution in [0.4, 0.5) is 0 Å². The van der Waals surface area contributed by atoms with Crippen LogP contribution in [-0.2, 0) is 25.8 Å². The summed E-state index contributed by atoms with van der Waals surface area (Å²) in [6.45, 7) is 1.95. The first-order chi connectivity index (χ1) is 20.0. The third-order valence-electron chi connectivity index (χ3n) is 7.27. The van der Waals surface area contributed by atoms with Gasteiger partial charge >= 0.3 is 4.87 Å². The van der Waals surface area contributed by atoms with Crippen LogP contribution in [0.25, 0.3) is 10.2 Å². The Hall–Kier alpha value is -3.91. The summed E-state index contributed by atoms with van der Waals surface area (Å²) in [5.41, 5.74) is 4.91. The Morgan fingerprint density at radius 1 is 0.805 bits per heavy atom. The van der Waals surface area contributed by atoms with Crippen LogP contribution < -0.4 is 9.61 Å². The molecular weight excluding hydrogens is 532 g/mol. The maximum Gasteiger partial charge on any atom is 0.305 e. The zero-order valence-electron chi connectivity index (χ0n) is 23.0. The number of aliphatic hydroxyl groups is 1. The second-order valence-corrected chi connectivity index (χ2v) is 11.3. The van der Waals surface area contributed by atoms with Gasteiger partial charge in [0.15, 0.2) is 0 Å². The number of rotatable bonds is 14. The molecule has 4 aromatic carbocycles. The molecular formula is C34H36N2O4S. The van der Waals surface area contributed by atoms with Crippen LogP contribution in [0.3, 0.4) is 0 Å². The smallest absolute Gasteiger partial charge is 0.305 e. The molecule has 3 N–H and O–H groups in total. The molecule has 1 heterocycles. The average Bonchev–Trinajstić information content (AvgIpc) is 3.41. The van der Waals surface area contributed by atoms with Crippen LogP contribution in [0.2, 0.25) is 0 Å². The van der Waals surface area contributed by atoms with Gasteiger partial charge in [-0.05, 0) is 66.1 Å². The molecule has 41 heavy (non-hydrogen) atoms. The molecule has 0 spiro atoms. The van der Waals surface area contributed by atoms with Crippen LogP contribution in [-0.4, -0.2) is 39.5 Å². The van der Waals surface area contributed by atoms with Gasteiger partial charge in [0.25, 0.3) is 0 Å². The topological polar surface area (TPSA) is 85.8 Å². The summed E-state index contributed by atoms with van der Waals surface area (Å²) < 4.78 is 6.65. The first-order valence-corrected chi connectivity index (χ1v) is 14.9. The zero-order chi connectivity index (χ0) is 28.4. The Kier molecular flexibility index (Phi) is 9.86. The lowest BCUT2D eigenvalue weighted by molar-refractivity contribution is -0.000676. The Morgan fingerprint density at radius 2 is 1.49 bits per heavy atom. The van der Waals surface area contributed by atoms with Crippen LogP contribution in [0, 0.1) is 0 Å². The quantitative estimate of drug-likeness (QED) is 0.108. The number of hydrogen-bond acceptors (Lipinski definition) is 6. The largest absolute Gasteiger partial charge is 0.506 e.